The van der Waals surface area contributed by atoms with E-state index < -0.39 is 6.04 Å². The van der Waals surface area contributed by atoms with E-state index in [1.165, 1.54) is 11.3 Å². The van der Waals surface area contributed by atoms with Gasteiger partial charge in [0.15, 0.2) is 5.13 Å². The number of hydrogen-bond donors (Lipinski definition) is 1. The van der Waals surface area contributed by atoms with Crippen LogP contribution in [0, 0.1) is 6.92 Å². The lowest BCUT2D eigenvalue weighted by atomic mass is 10.2. The number of aromatic nitrogens is 1. The van der Waals surface area contributed by atoms with Gasteiger partial charge in [0.25, 0.3) is 0 Å². The van der Waals surface area contributed by atoms with Crippen LogP contribution < -0.4 is 10.6 Å². The molecular weight excluding hydrogens is 210 g/mol. The molecule has 84 valence electrons. The summed E-state index contributed by atoms with van der Waals surface area (Å²) in [5.74, 6) is -0.0469. The van der Waals surface area contributed by atoms with Crippen molar-refractivity contribution in [1.82, 2.24) is 4.98 Å². The zero-order chi connectivity index (χ0) is 11.4. The van der Waals surface area contributed by atoms with Crippen molar-refractivity contribution in [2.24, 2.45) is 5.73 Å². The Balaban J connectivity index is 2.84. The lowest BCUT2D eigenvalue weighted by Gasteiger charge is -2.20. The Hall–Kier alpha value is -0.940. The van der Waals surface area contributed by atoms with Crippen LogP contribution in [0.4, 0.5) is 5.13 Å². The second-order valence-corrected chi connectivity index (χ2v) is 4.21. The van der Waals surface area contributed by atoms with Gasteiger partial charge in [-0.3, -0.25) is 9.69 Å². The first kappa shape index (κ1) is 12.1. The molecule has 0 aliphatic heterocycles. The number of amides is 1. The molecule has 5 heteroatoms. The number of aryl methyl sites for hydroxylation is 1. The monoisotopic (exact) mass is 227 g/mol. The minimum Gasteiger partial charge on any atom is -0.320 e. The smallest absolute Gasteiger partial charge is 0.245 e. The summed E-state index contributed by atoms with van der Waals surface area (Å²) in [5.41, 5.74) is 6.66. The summed E-state index contributed by atoms with van der Waals surface area (Å²) in [5, 5.41) is 2.67. The molecule has 15 heavy (non-hydrogen) atoms. The Morgan fingerprint density at radius 1 is 1.67 bits per heavy atom. The fraction of sp³-hybridized carbons (Fsp3) is 0.600. The molecule has 2 N–H and O–H groups in total. The van der Waals surface area contributed by atoms with Crippen molar-refractivity contribution in [3.63, 3.8) is 0 Å². The minimum absolute atomic E-state index is 0.0469. The van der Waals surface area contributed by atoms with Gasteiger partial charge in [-0.25, -0.2) is 4.98 Å². The molecule has 0 aliphatic rings. The van der Waals surface area contributed by atoms with Crippen LogP contribution in [-0.2, 0) is 4.79 Å². The molecule has 1 aromatic heterocycles. The molecule has 0 radical (unpaired) electrons. The van der Waals surface area contributed by atoms with E-state index in [-0.39, 0.29) is 5.91 Å². The average Bonchev–Trinajstić information content (AvgIpc) is 2.64. The van der Waals surface area contributed by atoms with E-state index in [2.05, 4.69) is 4.98 Å². The Bertz CT molecular complexity index is 337. The molecule has 1 rings (SSSR count). The van der Waals surface area contributed by atoms with Crippen molar-refractivity contribution in [3.8, 4) is 0 Å². The van der Waals surface area contributed by atoms with Crippen LogP contribution in [0.1, 0.15) is 26.0 Å². The lowest BCUT2D eigenvalue weighted by molar-refractivity contribution is -0.119. The fourth-order valence-electron chi connectivity index (χ4n) is 1.23. The summed E-state index contributed by atoms with van der Waals surface area (Å²) in [6, 6.07) is -0.422. The SMILES string of the molecule is CC[C@H](N)C(=O)N(CC)c1nc(C)cs1. The molecule has 1 aromatic rings. The summed E-state index contributed by atoms with van der Waals surface area (Å²) in [4.78, 5) is 17.8. The zero-order valence-electron chi connectivity index (χ0n) is 9.36. The van der Waals surface area contributed by atoms with Crippen molar-refractivity contribution < 1.29 is 4.79 Å². The molecule has 4 nitrogen and oxygen atoms in total. The van der Waals surface area contributed by atoms with E-state index in [1.54, 1.807) is 4.90 Å². The summed E-state index contributed by atoms with van der Waals surface area (Å²) >= 11 is 1.48. The Morgan fingerprint density at radius 3 is 2.73 bits per heavy atom. The van der Waals surface area contributed by atoms with Crippen LogP contribution in [0.5, 0.6) is 0 Å². The molecule has 0 saturated carbocycles. The van der Waals surface area contributed by atoms with E-state index in [4.69, 9.17) is 5.73 Å². The summed E-state index contributed by atoms with van der Waals surface area (Å²) in [6.45, 7) is 6.36. The topological polar surface area (TPSA) is 59.2 Å². The number of carbonyl (C=O) groups excluding carboxylic acids is 1. The third kappa shape index (κ3) is 2.76. The van der Waals surface area contributed by atoms with Crippen molar-refractivity contribution in [1.29, 1.82) is 0 Å². The second-order valence-electron chi connectivity index (χ2n) is 3.37. The van der Waals surface area contributed by atoms with E-state index in [9.17, 15) is 4.79 Å². The Kier molecular flexibility index (Phi) is 4.23. The van der Waals surface area contributed by atoms with Crippen molar-refractivity contribution in [2.45, 2.75) is 33.2 Å². The Morgan fingerprint density at radius 2 is 2.33 bits per heavy atom. The summed E-state index contributed by atoms with van der Waals surface area (Å²) in [7, 11) is 0. The van der Waals surface area contributed by atoms with Crippen LogP contribution >= 0.6 is 11.3 Å². The quantitative estimate of drug-likeness (QED) is 0.848. The highest BCUT2D eigenvalue weighted by molar-refractivity contribution is 7.14. The third-order valence-electron chi connectivity index (χ3n) is 2.18. The summed E-state index contributed by atoms with van der Waals surface area (Å²) < 4.78 is 0. The third-order valence-corrected chi connectivity index (χ3v) is 3.16. The van der Waals surface area contributed by atoms with Gasteiger partial charge in [-0.2, -0.15) is 0 Å². The van der Waals surface area contributed by atoms with Gasteiger partial charge in [-0.05, 0) is 20.3 Å². The van der Waals surface area contributed by atoms with Crippen LogP contribution in [-0.4, -0.2) is 23.5 Å². The van der Waals surface area contributed by atoms with Gasteiger partial charge in [0.1, 0.15) is 0 Å². The van der Waals surface area contributed by atoms with E-state index >= 15 is 0 Å². The summed E-state index contributed by atoms with van der Waals surface area (Å²) in [6.07, 6.45) is 0.652. The highest BCUT2D eigenvalue weighted by Crippen LogP contribution is 2.20. The van der Waals surface area contributed by atoms with Crippen molar-refractivity contribution >= 4 is 22.4 Å². The van der Waals surface area contributed by atoms with Gasteiger partial charge in [0.05, 0.1) is 11.7 Å². The highest BCUT2D eigenvalue weighted by Gasteiger charge is 2.21. The van der Waals surface area contributed by atoms with Gasteiger partial charge < -0.3 is 5.73 Å². The lowest BCUT2D eigenvalue weighted by Crippen LogP contribution is -2.43. The van der Waals surface area contributed by atoms with E-state index in [0.717, 1.165) is 10.8 Å². The van der Waals surface area contributed by atoms with Crippen LogP contribution in [0.3, 0.4) is 0 Å². The Labute approximate surface area is 94.1 Å². The highest BCUT2D eigenvalue weighted by atomic mass is 32.1. The normalized spacial score (nSPS) is 12.5. The molecule has 1 amide bonds. The van der Waals surface area contributed by atoms with Crippen LogP contribution in [0.25, 0.3) is 0 Å². The standard InChI is InChI=1S/C10H17N3OS/c1-4-8(11)9(14)13(5-2)10-12-7(3)6-15-10/h6,8H,4-5,11H2,1-3H3/t8-/m0/s1. The first-order valence-corrected chi connectivity index (χ1v) is 5.97. The fourth-order valence-corrected chi connectivity index (χ4v) is 2.10. The van der Waals surface area contributed by atoms with Gasteiger partial charge in [-0.15, -0.1) is 11.3 Å². The number of thiazole rings is 1. The molecule has 0 aromatic carbocycles. The first-order valence-electron chi connectivity index (χ1n) is 5.09. The molecular formula is C10H17N3OS. The van der Waals surface area contributed by atoms with Crippen molar-refractivity contribution in [2.75, 3.05) is 11.4 Å². The maximum atomic E-state index is 11.9. The molecule has 0 spiro atoms. The largest absolute Gasteiger partial charge is 0.320 e. The van der Waals surface area contributed by atoms with Gasteiger partial charge in [0.2, 0.25) is 5.91 Å². The molecule has 0 unspecified atom stereocenters. The van der Waals surface area contributed by atoms with Crippen molar-refractivity contribution in [3.05, 3.63) is 11.1 Å². The maximum Gasteiger partial charge on any atom is 0.245 e. The predicted molar refractivity (Wildman–Crippen MR) is 63.1 cm³/mol. The average molecular weight is 227 g/mol. The molecule has 0 fully saturated rings. The van der Waals surface area contributed by atoms with Crippen LogP contribution in [0.15, 0.2) is 5.38 Å². The molecule has 0 saturated heterocycles. The first-order chi connectivity index (χ1) is 7.10. The van der Waals surface area contributed by atoms with Gasteiger partial charge >= 0.3 is 0 Å². The van der Waals surface area contributed by atoms with E-state index in [1.807, 2.05) is 26.2 Å². The molecule has 0 bridgehead atoms. The minimum atomic E-state index is -0.422. The number of nitrogens with zero attached hydrogens (tertiary/aromatic N) is 2. The van der Waals surface area contributed by atoms with Gasteiger partial charge in [0, 0.05) is 11.9 Å². The maximum absolute atomic E-state index is 11.9. The van der Waals surface area contributed by atoms with Gasteiger partial charge in [-0.1, -0.05) is 6.92 Å². The number of nitrogens with two attached hydrogens (primary N) is 1. The molecule has 1 heterocycles. The number of likely N-dealkylation sites (N-methyl/N-ethyl adjacent to an activating group) is 1. The van der Waals surface area contributed by atoms with E-state index in [0.29, 0.717) is 13.0 Å². The predicted octanol–water partition coefficient (Wildman–Crippen LogP) is 1.54. The van der Waals surface area contributed by atoms with Crippen LogP contribution in [0.2, 0.25) is 0 Å². The zero-order valence-corrected chi connectivity index (χ0v) is 10.2. The number of anilines is 1. The number of rotatable bonds is 4. The number of hydrogen-bond acceptors (Lipinski definition) is 4. The second kappa shape index (κ2) is 5.23. The number of carbonyl (C=O) groups is 1. The molecule has 0 aliphatic carbocycles. The molecule has 1 atom stereocenters.